The van der Waals surface area contributed by atoms with Gasteiger partial charge in [0.05, 0.1) is 22.9 Å². The van der Waals surface area contributed by atoms with Crippen LogP contribution in [0.1, 0.15) is 5.56 Å². The van der Waals surface area contributed by atoms with Crippen molar-refractivity contribution in [2.24, 2.45) is 0 Å². The number of imidazole rings is 1. The maximum absolute atomic E-state index is 13.0. The number of ether oxygens (including phenoxy) is 1. The van der Waals surface area contributed by atoms with Gasteiger partial charge >= 0.3 is 0 Å². The smallest absolute Gasteiger partial charge is 0.261 e. The van der Waals surface area contributed by atoms with Gasteiger partial charge in [-0.2, -0.15) is 0 Å². The molecule has 5 rings (SSSR count). The van der Waals surface area contributed by atoms with Crippen molar-refractivity contribution in [3.05, 3.63) is 78.6 Å². The number of nitrogens with one attached hydrogen (secondary N) is 1. The molecule has 0 saturated heterocycles. The van der Waals surface area contributed by atoms with E-state index in [4.69, 9.17) is 4.74 Å². The van der Waals surface area contributed by atoms with Gasteiger partial charge in [0.15, 0.2) is 0 Å². The molecule has 6 nitrogen and oxygen atoms in total. The second-order valence-corrected chi connectivity index (χ2v) is 8.29. The Balaban J connectivity index is 1.53. The number of anilines is 1. The molecule has 0 bridgehead atoms. The molecule has 28 heavy (non-hydrogen) atoms. The van der Waals surface area contributed by atoms with Gasteiger partial charge < -0.3 is 9.14 Å². The minimum absolute atomic E-state index is 0.224. The molecule has 0 unspecified atom stereocenters. The predicted molar refractivity (Wildman–Crippen MR) is 107 cm³/mol. The molecule has 7 heteroatoms. The molecule has 2 aromatic carbocycles. The molecule has 0 saturated carbocycles. The first-order chi connectivity index (χ1) is 13.6. The van der Waals surface area contributed by atoms with E-state index in [0.29, 0.717) is 18.0 Å². The average Bonchev–Trinajstić information content (AvgIpc) is 3.34. The highest BCUT2D eigenvalue weighted by molar-refractivity contribution is 7.92. The fourth-order valence-electron chi connectivity index (χ4n) is 3.39. The zero-order valence-electron chi connectivity index (χ0n) is 14.9. The lowest BCUT2D eigenvalue weighted by atomic mass is 10.1. The molecule has 0 amide bonds. The van der Waals surface area contributed by atoms with Gasteiger partial charge in [-0.3, -0.25) is 4.72 Å². The van der Waals surface area contributed by atoms with Crippen molar-refractivity contribution in [3.8, 4) is 17.0 Å². The van der Waals surface area contributed by atoms with E-state index >= 15 is 0 Å². The van der Waals surface area contributed by atoms with Crippen LogP contribution in [0.3, 0.4) is 0 Å². The summed E-state index contributed by atoms with van der Waals surface area (Å²) in [4.78, 5) is 4.83. The Hall–Kier alpha value is -3.32. The topological polar surface area (TPSA) is 72.7 Å². The Labute approximate surface area is 162 Å². The number of aromatic nitrogens is 2. The van der Waals surface area contributed by atoms with Gasteiger partial charge in [0, 0.05) is 24.4 Å². The molecule has 0 aliphatic carbocycles. The molecule has 0 fully saturated rings. The number of benzene rings is 2. The molecule has 4 aromatic rings. The van der Waals surface area contributed by atoms with E-state index in [9.17, 15) is 8.42 Å². The summed E-state index contributed by atoms with van der Waals surface area (Å²) in [5.74, 6) is 0.754. The highest BCUT2D eigenvalue weighted by Gasteiger charge is 2.21. The lowest BCUT2D eigenvalue weighted by Crippen LogP contribution is -2.13. The Morgan fingerprint density at radius 1 is 1.04 bits per heavy atom. The summed E-state index contributed by atoms with van der Waals surface area (Å²) in [7, 11) is -3.74. The van der Waals surface area contributed by atoms with Gasteiger partial charge in [0.25, 0.3) is 10.0 Å². The lowest BCUT2D eigenvalue weighted by molar-refractivity contribution is 0.356. The lowest BCUT2D eigenvalue weighted by Gasteiger charge is -2.12. The molecule has 2 aromatic heterocycles. The summed E-state index contributed by atoms with van der Waals surface area (Å²) in [5, 5.41) is 0. The molecule has 1 aliphatic rings. The quantitative estimate of drug-likeness (QED) is 0.575. The Morgan fingerprint density at radius 3 is 2.79 bits per heavy atom. The third-order valence-electron chi connectivity index (χ3n) is 4.78. The molecule has 0 spiro atoms. The van der Waals surface area contributed by atoms with E-state index in [0.717, 1.165) is 28.9 Å². The van der Waals surface area contributed by atoms with Gasteiger partial charge in [0.2, 0.25) is 0 Å². The van der Waals surface area contributed by atoms with Crippen LogP contribution < -0.4 is 9.46 Å². The maximum Gasteiger partial charge on any atom is 0.261 e. The largest absolute Gasteiger partial charge is 0.493 e. The summed E-state index contributed by atoms with van der Waals surface area (Å²) < 4.78 is 36.0. The first-order valence-electron chi connectivity index (χ1n) is 8.92. The molecule has 1 N–H and O–H groups in total. The number of hydrogen-bond acceptors (Lipinski definition) is 4. The number of rotatable bonds is 4. The van der Waals surface area contributed by atoms with Crippen molar-refractivity contribution < 1.29 is 13.2 Å². The molecule has 0 radical (unpaired) electrons. The van der Waals surface area contributed by atoms with Gasteiger partial charge in [-0.25, -0.2) is 13.4 Å². The van der Waals surface area contributed by atoms with Crippen molar-refractivity contribution in [2.45, 2.75) is 11.3 Å². The molecule has 140 valence electrons. The standard InChI is InChI=1S/C21H17N3O3S/c25-28(26,16-8-9-20-15(13-16)10-12-27-20)23-18-6-2-1-5-17(18)19-14-24-11-4-3-7-21(24)22-19/h1-9,11,13-14,23H,10,12H2. The van der Waals surface area contributed by atoms with Crippen LogP contribution >= 0.6 is 0 Å². The van der Waals surface area contributed by atoms with Crippen LogP contribution in [0.15, 0.2) is 78.0 Å². The number of fused-ring (bicyclic) bond motifs is 2. The van der Waals surface area contributed by atoms with Crippen LogP contribution in [0.2, 0.25) is 0 Å². The summed E-state index contributed by atoms with van der Waals surface area (Å²) in [6.07, 6.45) is 4.51. The fourth-order valence-corrected chi connectivity index (χ4v) is 4.52. The first-order valence-corrected chi connectivity index (χ1v) is 10.4. The van der Waals surface area contributed by atoms with E-state index in [1.807, 2.05) is 47.1 Å². The van der Waals surface area contributed by atoms with E-state index in [1.54, 1.807) is 30.3 Å². The van der Waals surface area contributed by atoms with E-state index in [2.05, 4.69) is 9.71 Å². The van der Waals surface area contributed by atoms with Crippen molar-refractivity contribution >= 4 is 21.4 Å². The maximum atomic E-state index is 13.0. The van der Waals surface area contributed by atoms with Crippen molar-refractivity contribution in [1.29, 1.82) is 0 Å². The fraction of sp³-hybridized carbons (Fsp3) is 0.0952. The molecular formula is C21H17N3O3S. The summed E-state index contributed by atoms with van der Waals surface area (Å²) >= 11 is 0. The van der Waals surface area contributed by atoms with Crippen LogP contribution in [0, 0.1) is 0 Å². The van der Waals surface area contributed by atoms with Crippen LogP contribution in [0.25, 0.3) is 16.9 Å². The summed E-state index contributed by atoms with van der Waals surface area (Å²) in [6.45, 7) is 0.586. The SMILES string of the molecule is O=S(=O)(Nc1ccccc1-c1cn2ccccc2n1)c1ccc2c(c1)CCO2. The van der Waals surface area contributed by atoms with E-state index in [-0.39, 0.29) is 4.90 Å². The Morgan fingerprint density at radius 2 is 1.89 bits per heavy atom. The number of sulfonamides is 1. The minimum atomic E-state index is -3.74. The number of para-hydroxylation sites is 1. The predicted octanol–water partition coefficient (Wildman–Crippen LogP) is 3.74. The van der Waals surface area contributed by atoms with Crippen molar-refractivity contribution in [3.63, 3.8) is 0 Å². The average molecular weight is 391 g/mol. The van der Waals surface area contributed by atoms with Gasteiger partial charge in [-0.15, -0.1) is 0 Å². The Kier molecular flexibility index (Phi) is 3.84. The second kappa shape index (κ2) is 6.38. The van der Waals surface area contributed by atoms with Crippen LogP contribution in [0.4, 0.5) is 5.69 Å². The van der Waals surface area contributed by atoms with Crippen molar-refractivity contribution in [1.82, 2.24) is 9.38 Å². The number of nitrogens with zero attached hydrogens (tertiary/aromatic N) is 2. The van der Waals surface area contributed by atoms with Gasteiger partial charge in [-0.1, -0.05) is 24.3 Å². The number of hydrogen-bond donors (Lipinski definition) is 1. The normalized spacial score (nSPS) is 13.3. The monoisotopic (exact) mass is 391 g/mol. The summed E-state index contributed by atoms with van der Waals surface area (Å²) in [6, 6.07) is 18.0. The van der Waals surface area contributed by atoms with Crippen molar-refractivity contribution in [2.75, 3.05) is 11.3 Å². The molecule has 1 aliphatic heterocycles. The van der Waals surface area contributed by atoms with Crippen LogP contribution in [0.5, 0.6) is 5.75 Å². The Bertz CT molecular complexity index is 1260. The van der Waals surface area contributed by atoms with Gasteiger partial charge in [-0.05, 0) is 42.0 Å². The second-order valence-electron chi connectivity index (χ2n) is 6.61. The van der Waals surface area contributed by atoms with Crippen LogP contribution in [-0.4, -0.2) is 24.4 Å². The molecular weight excluding hydrogens is 374 g/mol. The highest BCUT2D eigenvalue weighted by atomic mass is 32.2. The first kappa shape index (κ1) is 16.8. The minimum Gasteiger partial charge on any atom is -0.493 e. The summed E-state index contributed by atoms with van der Waals surface area (Å²) in [5.41, 5.74) is 3.62. The van der Waals surface area contributed by atoms with E-state index < -0.39 is 10.0 Å². The molecule has 0 atom stereocenters. The highest BCUT2D eigenvalue weighted by Crippen LogP contribution is 2.31. The van der Waals surface area contributed by atoms with E-state index in [1.165, 1.54) is 0 Å². The zero-order valence-corrected chi connectivity index (χ0v) is 15.7. The van der Waals surface area contributed by atoms with Crippen LogP contribution in [-0.2, 0) is 16.4 Å². The molecule has 3 heterocycles. The third kappa shape index (κ3) is 2.90. The zero-order chi connectivity index (χ0) is 19.1. The third-order valence-corrected chi connectivity index (χ3v) is 6.15. The van der Waals surface area contributed by atoms with Gasteiger partial charge in [0.1, 0.15) is 11.4 Å². The number of pyridine rings is 1.